The molecule has 3 rings (SSSR count). The highest BCUT2D eigenvalue weighted by Crippen LogP contribution is 2.29. The van der Waals surface area contributed by atoms with Crippen molar-refractivity contribution in [2.75, 3.05) is 11.4 Å². The number of nitrogens with zero attached hydrogens (tertiary/aromatic N) is 1. The number of halogens is 4. The lowest BCUT2D eigenvalue weighted by Crippen LogP contribution is -2.37. The molecular weight excluding hydrogens is 369 g/mol. The number of amides is 2. The minimum Gasteiger partial charge on any atom is -0.347 e. The maximum absolute atomic E-state index is 12.6. The first-order chi connectivity index (χ1) is 12.2. The summed E-state index contributed by atoms with van der Waals surface area (Å²) in [6.07, 6.45) is -4.33. The Bertz CT molecular complexity index is 820. The van der Waals surface area contributed by atoms with Crippen molar-refractivity contribution < 1.29 is 22.8 Å². The Balaban J connectivity index is 1.65. The van der Waals surface area contributed by atoms with Crippen LogP contribution in [0.3, 0.4) is 0 Å². The van der Waals surface area contributed by atoms with E-state index in [-0.39, 0.29) is 24.4 Å². The van der Waals surface area contributed by atoms with E-state index in [4.69, 9.17) is 11.6 Å². The third-order valence-corrected chi connectivity index (χ3v) is 4.32. The predicted molar refractivity (Wildman–Crippen MR) is 91.1 cm³/mol. The van der Waals surface area contributed by atoms with Crippen LogP contribution in [0.15, 0.2) is 48.5 Å². The summed E-state index contributed by atoms with van der Waals surface area (Å²) >= 11 is 5.83. The van der Waals surface area contributed by atoms with Crippen LogP contribution in [0.25, 0.3) is 0 Å². The maximum atomic E-state index is 12.6. The number of alkyl halides is 3. The molecule has 136 valence electrons. The highest BCUT2D eigenvalue weighted by molar-refractivity contribution is 6.30. The summed E-state index contributed by atoms with van der Waals surface area (Å²) in [5.74, 6) is -0.667. The van der Waals surface area contributed by atoms with Crippen LogP contribution in [0, 0.1) is 0 Å². The standard InChI is InChI=1S/C18H14ClF3N2O2/c19-13-5-7-15(8-6-13)24-10-14(9-16(24)25)23-17(26)11-1-3-12(4-2-11)18(20,21)22/h1-8,14H,9-10H2,(H,23,26)/t14-/m0/s1. The quantitative estimate of drug-likeness (QED) is 0.875. The smallest absolute Gasteiger partial charge is 0.347 e. The molecule has 2 aromatic rings. The average Bonchev–Trinajstić information content (AvgIpc) is 2.95. The van der Waals surface area contributed by atoms with Crippen molar-refractivity contribution in [1.82, 2.24) is 5.32 Å². The van der Waals surface area contributed by atoms with Crippen LogP contribution < -0.4 is 10.2 Å². The van der Waals surface area contributed by atoms with E-state index in [1.807, 2.05) is 0 Å². The van der Waals surface area contributed by atoms with Crippen molar-refractivity contribution in [2.45, 2.75) is 18.6 Å². The third-order valence-electron chi connectivity index (χ3n) is 4.07. The molecule has 1 atom stereocenters. The lowest BCUT2D eigenvalue weighted by molar-refractivity contribution is -0.137. The molecule has 1 N–H and O–H groups in total. The zero-order chi connectivity index (χ0) is 18.9. The molecule has 2 aromatic carbocycles. The van der Waals surface area contributed by atoms with Gasteiger partial charge in [0, 0.05) is 29.2 Å². The van der Waals surface area contributed by atoms with E-state index in [9.17, 15) is 22.8 Å². The first-order valence-electron chi connectivity index (χ1n) is 7.78. The SMILES string of the molecule is O=C(N[C@H]1CC(=O)N(c2ccc(Cl)cc2)C1)c1ccc(C(F)(F)F)cc1. The number of rotatable bonds is 3. The van der Waals surface area contributed by atoms with Crippen molar-refractivity contribution in [3.05, 3.63) is 64.7 Å². The Hall–Kier alpha value is -2.54. The molecule has 1 fully saturated rings. The van der Waals surface area contributed by atoms with Gasteiger partial charge in [-0.3, -0.25) is 9.59 Å². The summed E-state index contributed by atoms with van der Waals surface area (Å²) in [5, 5.41) is 3.23. The molecule has 0 aliphatic carbocycles. The molecule has 1 aliphatic rings. The number of benzene rings is 2. The first kappa shape index (κ1) is 18.3. The van der Waals surface area contributed by atoms with Gasteiger partial charge >= 0.3 is 6.18 Å². The maximum Gasteiger partial charge on any atom is 0.416 e. The molecule has 0 bridgehead atoms. The fraction of sp³-hybridized carbons (Fsp3) is 0.222. The van der Waals surface area contributed by atoms with Gasteiger partial charge in [-0.2, -0.15) is 13.2 Å². The van der Waals surface area contributed by atoms with Crippen LogP contribution in [0.1, 0.15) is 22.3 Å². The lowest BCUT2D eigenvalue weighted by atomic mass is 10.1. The molecule has 0 saturated carbocycles. The van der Waals surface area contributed by atoms with Gasteiger partial charge in [0.2, 0.25) is 5.91 Å². The van der Waals surface area contributed by atoms with E-state index >= 15 is 0 Å². The molecule has 1 aliphatic heterocycles. The largest absolute Gasteiger partial charge is 0.416 e. The monoisotopic (exact) mass is 382 g/mol. The van der Waals surface area contributed by atoms with E-state index in [0.29, 0.717) is 10.7 Å². The minimum absolute atomic E-state index is 0.107. The van der Waals surface area contributed by atoms with Crippen LogP contribution in [-0.2, 0) is 11.0 Å². The molecule has 2 amide bonds. The number of hydrogen-bond acceptors (Lipinski definition) is 2. The van der Waals surface area contributed by atoms with E-state index in [1.54, 1.807) is 24.3 Å². The van der Waals surface area contributed by atoms with Crippen LogP contribution in [0.2, 0.25) is 5.02 Å². The minimum atomic E-state index is -4.45. The van der Waals surface area contributed by atoms with Gasteiger partial charge in [-0.05, 0) is 48.5 Å². The summed E-state index contributed by atoms with van der Waals surface area (Å²) in [7, 11) is 0. The highest BCUT2D eigenvalue weighted by atomic mass is 35.5. The molecule has 0 spiro atoms. The Labute approximate surface area is 152 Å². The van der Waals surface area contributed by atoms with Gasteiger partial charge in [0.25, 0.3) is 5.91 Å². The van der Waals surface area contributed by atoms with Crippen LogP contribution in [0.4, 0.5) is 18.9 Å². The number of carbonyl (C=O) groups excluding carboxylic acids is 2. The van der Waals surface area contributed by atoms with Gasteiger partial charge in [-0.15, -0.1) is 0 Å². The second-order valence-corrected chi connectivity index (χ2v) is 6.37. The van der Waals surface area contributed by atoms with Gasteiger partial charge in [0.1, 0.15) is 0 Å². The van der Waals surface area contributed by atoms with Crippen molar-refractivity contribution in [3.8, 4) is 0 Å². The van der Waals surface area contributed by atoms with Gasteiger partial charge in [-0.1, -0.05) is 11.6 Å². The molecule has 4 nitrogen and oxygen atoms in total. The molecule has 1 saturated heterocycles. The lowest BCUT2D eigenvalue weighted by Gasteiger charge is -2.17. The molecule has 8 heteroatoms. The Kier molecular flexibility index (Phi) is 4.91. The van der Waals surface area contributed by atoms with Crippen LogP contribution >= 0.6 is 11.6 Å². The molecule has 0 unspecified atom stereocenters. The molecule has 0 aromatic heterocycles. The van der Waals surface area contributed by atoms with Gasteiger partial charge in [0.15, 0.2) is 0 Å². The normalized spacial score (nSPS) is 17.5. The number of hydrogen-bond donors (Lipinski definition) is 1. The fourth-order valence-electron chi connectivity index (χ4n) is 2.75. The molecule has 26 heavy (non-hydrogen) atoms. The predicted octanol–water partition coefficient (Wildman–Crippen LogP) is 3.89. The summed E-state index contributed by atoms with van der Waals surface area (Å²) < 4.78 is 37.7. The summed E-state index contributed by atoms with van der Waals surface area (Å²) in [6, 6.07) is 10.3. The van der Waals surface area contributed by atoms with Crippen molar-refractivity contribution in [1.29, 1.82) is 0 Å². The molecule has 0 radical (unpaired) electrons. The summed E-state index contributed by atoms with van der Waals surface area (Å²) in [6.45, 7) is 0.285. The van der Waals surface area contributed by atoms with Crippen molar-refractivity contribution in [2.24, 2.45) is 0 Å². The summed E-state index contributed by atoms with van der Waals surface area (Å²) in [5.41, 5.74) is -0.0416. The molecular formula is C18H14ClF3N2O2. The summed E-state index contributed by atoms with van der Waals surface area (Å²) in [4.78, 5) is 25.9. The van der Waals surface area contributed by atoms with E-state index in [1.165, 1.54) is 4.90 Å². The Morgan fingerprint density at radius 1 is 1.08 bits per heavy atom. The van der Waals surface area contributed by atoms with Crippen LogP contribution in [-0.4, -0.2) is 24.4 Å². The number of carbonyl (C=O) groups is 2. The first-order valence-corrected chi connectivity index (χ1v) is 8.16. The van der Waals surface area contributed by atoms with E-state index in [2.05, 4.69) is 5.32 Å². The zero-order valence-corrected chi connectivity index (χ0v) is 14.1. The van der Waals surface area contributed by atoms with Gasteiger partial charge in [0.05, 0.1) is 11.6 Å². The van der Waals surface area contributed by atoms with E-state index < -0.39 is 23.7 Å². The number of anilines is 1. The van der Waals surface area contributed by atoms with Crippen molar-refractivity contribution >= 4 is 29.1 Å². The second kappa shape index (κ2) is 6.99. The molecule has 1 heterocycles. The van der Waals surface area contributed by atoms with Gasteiger partial charge < -0.3 is 10.2 Å². The van der Waals surface area contributed by atoms with Crippen molar-refractivity contribution in [3.63, 3.8) is 0 Å². The average molecular weight is 383 g/mol. The third kappa shape index (κ3) is 3.99. The second-order valence-electron chi connectivity index (χ2n) is 5.93. The zero-order valence-electron chi connectivity index (χ0n) is 13.4. The van der Waals surface area contributed by atoms with Gasteiger partial charge in [-0.25, -0.2) is 0 Å². The number of nitrogens with one attached hydrogen (secondary N) is 1. The Morgan fingerprint density at radius 2 is 1.69 bits per heavy atom. The topological polar surface area (TPSA) is 49.4 Å². The highest BCUT2D eigenvalue weighted by Gasteiger charge is 2.32. The fourth-order valence-corrected chi connectivity index (χ4v) is 2.88. The Morgan fingerprint density at radius 3 is 2.27 bits per heavy atom. The van der Waals surface area contributed by atoms with E-state index in [0.717, 1.165) is 24.3 Å². The van der Waals surface area contributed by atoms with Crippen LogP contribution in [0.5, 0.6) is 0 Å².